The number of nitrogens with two attached hydrogens (primary N) is 1. The molecule has 6 nitrogen and oxygen atoms in total. The predicted octanol–water partition coefficient (Wildman–Crippen LogP) is 3.57. The normalized spacial score (nSPS) is 24.0. The van der Waals surface area contributed by atoms with Crippen molar-refractivity contribution in [2.24, 2.45) is 16.6 Å². The van der Waals surface area contributed by atoms with Gasteiger partial charge in [-0.1, -0.05) is 12.5 Å². The highest BCUT2D eigenvalue weighted by molar-refractivity contribution is 6.02. The molecule has 1 saturated carbocycles. The number of benzene rings is 1. The van der Waals surface area contributed by atoms with E-state index < -0.39 is 5.54 Å². The second-order valence-electron chi connectivity index (χ2n) is 7.27. The molecule has 144 valence electrons. The molecule has 4 rings (SSSR count). The van der Waals surface area contributed by atoms with Gasteiger partial charge in [0, 0.05) is 17.4 Å². The van der Waals surface area contributed by atoms with Crippen molar-refractivity contribution in [3.8, 4) is 0 Å². The van der Waals surface area contributed by atoms with Crippen LogP contribution >= 0.6 is 0 Å². The monoisotopic (exact) mass is 379 g/mol. The summed E-state index contributed by atoms with van der Waals surface area (Å²) in [5.74, 6) is -0.0585. The number of nitrogens with zero attached hydrogens (tertiary/aromatic N) is 3. The number of aromatic nitrogens is 2. The SMILES string of the molecule is NC1=N[C@@]2(c3cc(NC(=O)c4ccncn4)ccc3F)CCC[C@H]2CCC=C1. The number of carbonyl (C=O) groups excluding carboxylic acids is 1. The molecule has 1 aliphatic carbocycles. The average Bonchev–Trinajstić information content (AvgIpc) is 3.08. The molecular weight excluding hydrogens is 357 g/mol. The molecule has 7 heteroatoms. The highest BCUT2D eigenvalue weighted by Gasteiger charge is 2.46. The lowest BCUT2D eigenvalue weighted by molar-refractivity contribution is 0.102. The number of carbonyl (C=O) groups is 1. The number of nitrogens with one attached hydrogen (secondary N) is 1. The van der Waals surface area contributed by atoms with Gasteiger partial charge in [-0.3, -0.25) is 9.79 Å². The van der Waals surface area contributed by atoms with Gasteiger partial charge >= 0.3 is 0 Å². The summed E-state index contributed by atoms with van der Waals surface area (Å²) in [6, 6.07) is 6.15. The fourth-order valence-electron chi connectivity index (χ4n) is 4.33. The third-order valence-electron chi connectivity index (χ3n) is 5.59. The van der Waals surface area contributed by atoms with E-state index in [1.807, 2.05) is 6.08 Å². The number of fused-ring (bicyclic) bond motifs is 1. The van der Waals surface area contributed by atoms with E-state index in [0.29, 0.717) is 17.1 Å². The smallest absolute Gasteiger partial charge is 0.274 e. The van der Waals surface area contributed by atoms with Crippen LogP contribution in [-0.4, -0.2) is 21.7 Å². The molecule has 1 aliphatic heterocycles. The van der Waals surface area contributed by atoms with Gasteiger partial charge in [0.2, 0.25) is 0 Å². The Kier molecular flexibility index (Phi) is 4.90. The molecule has 1 amide bonds. The van der Waals surface area contributed by atoms with Crippen LogP contribution in [0.5, 0.6) is 0 Å². The summed E-state index contributed by atoms with van der Waals surface area (Å²) in [7, 11) is 0. The fourth-order valence-corrected chi connectivity index (χ4v) is 4.33. The summed E-state index contributed by atoms with van der Waals surface area (Å²) in [5.41, 5.74) is 6.64. The molecule has 28 heavy (non-hydrogen) atoms. The van der Waals surface area contributed by atoms with Crippen molar-refractivity contribution in [1.29, 1.82) is 0 Å². The van der Waals surface area contributed by atoms with Crippen LogP contribution < -0.4 is 11.1 Å². The van der Waals surface area contributed by atoms with Gasteiger partial charge in [0.15, 0.2) is 0 Å². The molecule has 1 aromatic heterocycles. The van der Waals surface area contributed by atoms with Crippen molar-refractivity contribution in [3.05, 3.63) is 66.0 Å². The summed E-state index contributed by atoms with van der Waals surface area (Å²) >= 11 is 0. The van der Waals surface area contributed by atoms with Gasteiger partial charge < -0.3 is 11.1 Å². The molecular formula is C21H22FN5O. The number of amides is 1. The van der Waals surface area contributed by atoms with Crippen LogP contribution in [0.2, 0.25) is 0 Å². The Bertz CT molecular complexity index is 943. The van der Waals surface area contributed by atoms with Gasteiger partial charge in [0.25, 0.3) is 5.91 Å². The number of rotatable bonds is 3. The van der Waals surface area contributed by atoms with Crippen molar-refractivity contribution in [2.75, 3.05) is 5.32 Å². The van der Waals surface area contributed by atoms with Crippen molar-refractivity contribution in [1.82, 2.24) is 9.97 Å². The molecule has 0 spiro atoms. The summed E-state index contributed by atoms with van der Waals surface area (Å²) in [6.07, 6.45) is 11.2. The van der Waals surface area contributed by atoms with E-state index in [1.54, 1.807) is 18.2 Å². The van der Waals surface area contributed by atoms with E-state index in [-0.39, 0.29) is 23.3 Å². The molecule has 0 bridgehead atoms. The standard InChI is InChI=1S/C21H22FN5O/c22-17-8-7-15(26-20(28)18-9-11-24-13-25-18)12-16(17)21-10-3-5-14(21)4-1-2-6-19(23)27-21/h2,6-9,11-14H,1,3-5,10H2,(H2,23,27)(H,26,28)/t14-,21+/m1/s1. The Labute approximate surface area is 162 Å². The van der Waals surface area contributed by atoms with Crippen molar-refractivity contribution >= 4 is 17.4 Å². The first-order valence-corrected chi connectivity index (χ1v) is 9.48. The maximum Gasteiger partial charge on any atom is 0.274 e. The Balaban J connectivity index is 1.72. The first kappa shape index (κ1) is 18.3. The van der Waals surface area contributed by atoms with Crippen molar-refractivity contribution in [3.63, 3.8) is 0 Å². The lowest BCUT2D eigenvalue weighted by atomic mass is 9.77. The van der Waals surface area contributed by atoms with Gasteiger partial charge in [0.05, 0.1) is 5.54 Å². The molecule has 2 heterocycles. The summed E-state index contributed by atoms with van der Waals surface area (Å²) in [4.78, 5) is 24.9. The number of hydrogen-bond acceptors (Lipinski definition) is 5. The van der Waals surface area contributed by atoms with Crippen molar-refractivity contribution in [2.45, 2.75) is 37.6 Å². The molecule has 2 atom stereocenters. The van der Waals surface area contributed by atoms with E-state index in [9.17, 15) is 9.18 Å². The first-order valence-electron chi connectivity index (χ1n) is 9.48. The molecule has 3 N–H and O–H groups in total. The minimum atomic E-state index is -0.686. The lowest BCUT2D eigenvalue weighted by Crippen LogP contribution is -2.33. The van der Waals surface area contributed by atoms with Crippen LogP contribution in [0, 0.1) is 11.7 Å². The van der Waals surface area contributed by atoms with Gasteiger partial charge in [-0.25, -0.2) is 14.4 Å². The maximum absolute atomic E-state index is 14.9. The number of amidine groups is 1. The molecule has 2 aliphatic rings. The quantitative estimate of drug-likeness (QED) is 0.852. The zero-order valence-corrected chi connectivity index (χ0v) is 15.4. The Hall–Kier alpha value is -3.09. The number of allylic oxidation sites excluding steroid dienone is 1. The van der Waals surface area contributed by atoms with Gasteiger partial charge in [-0.05, 0) is 61.9 Å². The van der Waals surface area contributed by atoms with Crippen LogP contribution in [0.1, 0.15) is 48.2 Å². The number of anilines is 1. The highest BCUT2D eigenvalue weighted by atomic mass is 19.1. The topological polar surface area (TPSA) is 93.3 Å². The molecule has 0 unspecified atom stereocenters. The maximum atomic E-state index is 14.9. The minimum absolute atomic E-state index is 0.221. The average molecular weight is 379 g/mol. The van der Waals surface area contributed by atoms with Crippen LogP contribution in [0.4, 0.5) is 10.1 Å². The lowest BCUT2D eigenvalue weighted by Gasteiger charge is -2.34. The number of hydrogen-bond donors (Lipinski definition) is 2. The molecule has 1 fully saturated rings. The van der Waals surface area contributed by atoms with E-state index >= 15 is 0 Å². The first-order chi connectivity index (χ1) is 13.6. The molecule has 2 aromatic rings. The third-order valence-corrected chi connectivity index (χ3v) is 5.59. The Morgan fingerprint density at radius 2 is 2.18 bits per heavy atom. The molecule has 1 aromatic carbocycles. The Morgan fingerprint density at radius 1 is 1.29 bits per heavy atom. The van der Waals surface area contributed by atoms with E-state index in [0.717, 1.165) is 32.1 Å². The highest BCUT2D eigenvalue weighted by Crippen LogP contribution is 2.50. The summed E-state index contributed by atoms with van der Waals surface area (Å²) in [6.45, 7) is 0. The van der Waals surface area contributed by atoms with Crippen LogP contribution in [-0.2, 0) is 5.54 Å². The van der Waals surface area contributed by atoms with E-state index in [4.69, 9.17) is 10.7 Å². The Morgan fingerprint density at radius 3 is 3.00 bits per heavy atom. The zero-order valence-electron chi connectivity index (χ0n) is 15.4. The second-order valence-corrected chi connectivity index (χ2v) is 7.27. The zero-order chi connectivity index (χ0) is 19.6. The summed E-state index contributed by atoms with van der Waals surface area (Å²) in [5, 5.41) is 2.79. The fraction of sp³-hybridized carbons (Fsp3) is 0.333. The van der Waals surface area contributed by atoms with E-state index in [2.05, 4.69) is 15.3 Å². The summed E-state index contributed by atoms with van der Waals surface area (Å²) < 4.78 is 14.9. The van der Waals surface area contributed by atoms with E-state index in [1.165, 1.54) is 24.7 Å². The third kappa shape index (κ3) is 3.40. The molecule has 0 saturated heterocycles. The van der Waals surface area contributed by atoms with Gasteiger partial charge in [0.1, 0.15) is 23.7 Å². The van der Waals surface area contributed by atoms with Crippen molar-refractivity contribution < 1.29 is 9.18 Å². The number of aliphatic imine (C=N–C) groups is 1. The molecule has 0 radical (unpaired) electrons. The van der Waals surface area contributed by atoms with Crippen LogP contribution in [0.25, 0.3) is 0 Å². The largest absolute Gasteiger partial charge is 0.384 e. The van der Waals surface area contributed by atoms with Gasteiger partial charge in [-0.2, -0.15) is 0 Å². The van der Waals surface area contributed by atoms with Crippen LogP contribution in [0.15, 0.2) is 53.9 Å². The minimum Gasteiger partial charge on any atom is -0.384 e. The number of halogens is 1. The predicted molar refractivity (Wildman–Crippen MR) is 105 cm³/mol. The van der Waals surface area contributed by atoms with Crippen LogP contribution in [0.3, 0.4) is 0 Å². The van der Waals surface area contributed by atoms with Gasteiger partial charge in [-0.15, -0.1) is 0 Å². The second kappa shape index (κ2) is 7.50.